The van der Waals surface area contributed by atoms with Crippen LogP contribution in [0.15, 0.2) is 59.1 Å². The Balaban J connectivity index is 1.41. The summed E-state index contributed by atoms with van der Waals surface area (Å²) in [5.41, 5.74) is 2.55. The fraction of sp³-hybridized carbons (Fsp3) is 0.105. The third-order valence-electron chi connectivity index (χ3n) is 3.70. The number of hydrogen-bond acceptors (Lipinski definition) is 7. The van der Waals surface area contributed by atoms with Crippen molar-refractivity contribution in [1.29, 1.82) is 0 Å². The molecule has 0 atom stereocenters. The van der Waals surface area contributed by atoms with Gasteiger partial charge in [0.15, 0.2) is 12.4 Å². The van der Waals surface area contributed by atoms with Crippen molar-refractivity contribution in [2.75, 3.05) is 0 Å². The van der Waals surface area contributed by atoms with E-state index in [4.69, 9.17) is 9.26 Å². The van der Waals surface area contributed by atoms with Gasteiger partial charge in [0.05, 0.1) is 10.2 Å². The highest BCUT2D eigenvalue weighted by Crippen LogP contribution is 2.25. The summed E-state index contributed by atoms with van der Waals surface area (Å²) < 4.78 is 16.7. The molecule has 0 unspecified atom stereocenters. The third kappa shape index (κ3) is 3.57. The maximum absolute atomic E-state index is 10.2. The van der Waals surface area contributed by atoms with E-state index in [1.165, 1.54) is 0 Å². The fourth-order valence-electron chi connectivity index (χ4n) is 2.48. The van der Waals surface area contributed by atoms with Crippen molar-refractivity contribution >= 4 is 28.0 Å². The molecule has 6 nitrogen and oxygen atoms in total. The number of thiazole rings is 1. The van der Waals surface area contributed by atoms with Gasteiger partial charge in [-0.25, -0.2) is 4.98 Å². The van der Waals surface area contributed by atoms with Gasteiger partial charge in [0, 0.05) is 11.6 Å². The van der Waals surface area contributed by atoms with Crippen molar-refractivity contribution in [3.05, 3.63) is 65.4 Å². The number of carbonyl (C=O) groups excluding carboxylic acids is 1. The molecule has 7 heteroatoms. The molecular weight excluding hydrogens is 352 g/mol. The molecule has 2 aromatic carbocycles. The van der Waals surface area contributed by atoms with Crippen LogP contribution in [0, 0.1) is 0 Å². The Kier molecular flexibility index (Phi) is 4.61. The maximum Gasteiger partial charge on any atom is 0.293 e. The van der Waals surface area contributed by atoms with E-state index >= 15 is 0 Å². The van der Waals surface area contributed by atoms with E-state index in [-0.39, 0.29) is 6.61 Å². The molecule has 0 spiro atoms. The van der Waals surface area contributed by atoms with E-state index in [2.05, 4.69) is 20.9 Å². The molecule has 26 heavy (non-hydrogen) atoms. The normalized spacial score (nSPS) is 10.8. The summed E-state index contributed by atoms with van der Waals surface area (Å²) >= 11 is 1.63. The number of fused-ring (bicyclic) bond motifs is 1. The molecule has 0 amide bonds. The number of hydrogen-bond donors (Lipinski definition) is 0. The molecule has 0 aliphatic carbocycles. The third-order valence-corrected chi connectivity index (χ3v) is 4.71. The zero-order chi connectivity index (χ0) is 17.8. The molecule has 0 aliphatic rings. The lowest BCUT2D eigenvalue weighted by Gasteiger charge is -2.04. The lowest BCUT2D eigenvalue weighted by Crippen LogP contribution is -1.94. The Hall–Kier alpha value is -3.19. The largest absolute Gasteiger partial charge is 0.486 e. The molecule has 0 N–H and O–H groups in total. The molecule has 0 bridgehead atoms. The minimum Gasteiger partial charge on any atom is -0.486 e. The maximum atomic E-state index is 10.2. The highest BCUT2D eigenvalue weighted by Gasteiger charge is 2.08. The van der Waals surface area contributed by atoms with E-state index in [9.17, 15) is 4.79 Å². The fourth-order valence-corrected chi connectivity index (χ4v) is 3.36. The Morgan fingerprint density at radius 2 is 1.92 bits per heavy atom. The number of para-hydroxylation sites is 1. The number of carbonyl (C=O) groups is 1. The zero-order valence-corrected chi connectivity index (χ0v) is 14.4. The molecule has 2 aromatic heterocycles. The Bertz CT molecular complexity index is 990. The van der Waals surface area contributed by atoms with Crippen molar-refractivity contribution in [1.82, 2.24) is 10.1 Å². The molecule has 130 valence electrons. The molecule has 2 heterocycles. The predicted octanol–water partition coefficient (Wildman–Crippen LogP) is 4.20. The molecule has 0 saturated heterocycles. The lowest BCUT2D eigenvalue weighted by molar-refractivity contribution is -0.130. The van der Waals surface area contributed by atoms with Gasteiger partial charge < -0.3 is 14.0 Å². The molecule has 0 aliphatic heterocycles. The summed E-state index contributed by atoms with van der Waals surface area (Å²) in [7, 11) is 0. The average Bonchev–Trinajstić information content (AvgIpc) is 3.31. The van der Waals surface area contributed by atoms with Crippen molar-refractivity contribution in [3.63, 3.8) is 0 Å². The number of rotatable bonds is 7. The Morgan fingerprint density at radius 1 is 1.08 bits per heavy atom. The van der Waals surface area contributed by atoms with Crippen LogP contribution in [0.3, 0.4) is 0 Å². The minimum absolute atomic E-state index is 0.0693. The van der Waals surface area contributed by atoms with Crippen LogP contribution in [-0.2, 0) is 22.7 Å². The number of benzene rings is 2. The van der Waals surface area contributed by atoms with Crippen LogP contribution in [0.2, 0.25) is 0 Å². The van der Waals surface area contributed by atoms with Gasteiger partial charge in [-0.15, -0.1) is 11.3 Å². The van der Waals surface area contributed by atoms with Gasteiger partial charge >= 0.3 is 0 Å². The molecular formula is C19H14N2O4S. The van der Waals surface area contributed by atoms with Gasteiger partial charge in [0.1, 0.15) is 23.1 Å². The van der Waals surface area contributed by atoms with Gasteiger partial charge in [-0.05, 0) is 36.4 Å². The van der Waals surface area contributed by atoms with Gasteiger partial charge in [-0.3, -0.25) is 4.79 Å². The first-order chi connectivity index (χ1) is 12.8. The summed E-state index contributed by atoms with van der Waals surface area (Å²) in [5, 5.41) is 4.90. The van der Waals surface area contributed by atoms with Crippen molar-refractivity contribution < 1.29 is 18.8 Å². The van der Waals surface area contributed by atoms with Crippen molar-refractivity contribution in [2.45, 2.75) is 13.2 Å². The van der Waals surface area contributed by atoms with Gasteiger partial charge in [-0.1, -0.05) is 17.3 Å². The first kappa shape index (κ1) is 16.3. The van der Waals surface area contributed by atoms with Crippen molar-refractivity contribution in [2.24, 2.45) is 0 Å². The van der Waals surface area contributed by atoms with Gasteiger partial charge in [-0.2, -0.15) is 0 Å². The topological polar surface area (TPSA) is 74.5 Å². The average molecular weight is 366 g/mol. The molecule has 0 saturated carbocycles. The summed E-state index contributed by atoms with van der Waals surface area (Å²) in [4.78, 5) is 14.8. The zero-order valence-electron chi connectivity index (χ0n) is 13.6. The van der Waals surface area contributed by atoms with E-state index < -0.39 is 0 Å². The summed E-state index contributed by atoms with van der Waals surface area (Å²) in [6.07, 6.45) is 0. The second-order valence-corrected chi connectivity index (χ2v) is 6.59. The standard InChI is InChI=1S/C19H14N2O4S/c22-12-23-10-15-9-17(21-25-15)13-5-7-14(8-6-13)24-11-19-20-16-3-1-2-4-18(16)26-19/h1-9,12H,10-11H2. The quantitative estimate of drug-likeness (QED) is 0.456. The van der Waals surface area contributed by atoms with Crippen LogP contribution < -0.4 is 4.74 Å². The first-order valence-corrected chi connectivity index (χ1v) is 8.72. The number of aromatic nitrogens is 2. The monoisotopic (exact) mass is 366 g/mol. The number of nitrogens with zero attached hydrogens (tertiary/aromatic N) is 2. The first-order valence-electron chi connectivity index (χ1n) is 7.90. The molecule has 4 rings (SSSR count). The Labute approximate surface area is 153 Å². The predicted molar refractivity (Wildman–Crippen MR) is 96.7 cm³/mol. The van der Waals surface area contributed by atoms with Crippen LogP contribution in [-0.4, -0.2) is 16.6 Å². The number of ether oxygens (including phenoxy) is 2. The van der Waals surface area contributed by atoms with E-state index in [1.54, 1.807) is 17.4 Å². The highest BCUT2D eigenvalue weighted by molar-refractivity contribution is 7.18. The smallest absolute Gasteiger partial charge is 0.293 e. The van der Waals surface area contributed by atoms with E-state index in [0.717, 1.165) is 26.5 Å². The molecule has 0 fully saturated rings. The van der Waals surface area contributed by atoms with Gasteiger partial charge in [0.25, 0.3) is 6.47 Å². The van der Waals surface area contributed by atoms with Crippen LogP contribution >= 0.6 is 11.3 Å². The summed E-state index contributed by atoms with van der Waals surface area (Å²) in [6.45, 7) is 0.870. The molecule has 4 aromatic rings. The SMILES string of the molecule is O=COCc1cc(-c2ccc(OCc3nc4ccccc4s3)cc2)no1. The van der Waals surface area contributed by atoms with Crippen molar-refractivity contribution in [3.8, 4) is 17.0 Å². The minimum atomic E-state index is 0.0693. The lowest BCUT2D eigenvalue weighted by atomic mass is 10.1. The van der Waals surface area contributed by atoms with Crippen LogP contribution in [0.25, 0.3) is 21.5 Å². The van der Waals surface area contributed by atoms with Crippen LogP contribution in [0.5, 0.6) is 5.75 Å². The second kappa shape index (κ2) is 7.37. The summed E-state index contributed by atoms with van der Waals surface area (Å²) in [6, 6.07) is 17.3. The van der Waals surface area contributed by atoms with E-state index in [1.807, 2.05) is 42.5 Å². The van der Waals surface area contributed by atoms with Crippen LogP contribution in [0.4, 0.5) is 0 Å². The van der Waals surface area contributed by atoms with E-state index in [0.29, 0.717) is 24.5 Å². The van der Waals surface area contributed by atoms with Gasteiger partial charge in [0.2, 0.25) is 0 Å². The molecule has 0 radical (unpaired) electrons. The Morgan fingerprint density at radius 3 is 2.73 bits per heavy atom. The second-order valence-electron chi connectivity index (χ2n) is 5.47. The van der Waals surface area contributed by atoms with Crippen LogP contribution in [0.1, 0.15) is 10.8 Å². The summed E-state index contributed by atoms with van der Waals surface area (Å²) in [5.74, 6) is 1.24. The highest BCUT2D eigenvalue weighted by atomic mass is 32.1.